The molecule has 0 fully saturated rings. The van der Waals surface area contributed by atoms with E-state index in [1.807, 2.05) is 24.4 Å². The fraction of sp³-hybridized carbons (Fsp3) is 0.353. The van der Waals surface area contributed by atoms with E-state index in [-0.39, 0.29) is 5.54 Å². The molecule has 0 radical (unpaired) electrons. The summed E-state index contributed by atoms with van der Waals surface area (Å²) >= 11 is 3.47. The molecule has 2 rings (SSSR count). The Morgan fingerprint density at radius 1 is 1.24 bits per heavy atom. The van der Waals surface area contributed by atoms with Crippen molar-refractivity contribution >= 4 is 15.9 Å². The van der Waals surface area contributed by atoms with Gasteiger partial charge in [0.25, 0.3) is 0 Å². The van der Waals surface area contributed by atoms with Crippen molar-refractivity contribution in [2.75, 3.05) is 0 Å². The van der Waals surface area contributed by atoms with Gasteiger partial charge in [-0.3, -0.25) is 4.98 Å². The van der Waals surface area contributed by atoms with E-state index in [0.717, 1.165) is 27.9 Å². The minimum absolute atomic E-state index is 0.0669. The molecule has 112 valence electrons. The highest BCUT2D eigenvalue weighted by atomic mass is 79.9. The van der Waals surface area contributed by atoms with Gasteiger partial charge < -0.3 is 10.1 Å². The number of pyridine rings is 1. The zero-order chi connectivity index (χ0) is 15.3. The third kappa shape index (κ3) is 5.48. The number of aromatic nitrogens is 1. The highest BCUT2D eigenvalue weighted by Gasteiger charge is 2.11. The molecular weight excluding hydrogens is 328 g/mol. The first-order chi connectivity index (χ1) is 9.94. The Labute approximate surface area is 134 Å². The van der Waals surface area contributed by atoms with Gasteiger partial charge in [0, 0.05) is 34.5 Å². The molecule has 1 N–H and O–H groups in total. The van der Waals surface area contributed by atoms with Crippen LogP contribution in [0.4, 0.5) is 0 Å². The highest BCUT2D eigenvalue weighted by molar-refractivity contribution is 9.10. The van der Waals surface area contributed by atoms with Gasteiger partial charge in [-0.05, 0) is 44.5 Å². The lowest BCUT2D eigenvalue weighted by Crippen LogP contribution is -2.35. The topological polar surface area (TPSA) is 34.2 Å². The highest BCUT2D eigenvalue weighted by Crippen LogP contribution is 2.20. The predicted molar refractivity (Wildman–Crippen MR) is 89.3 cm³/mol. The average molecular weight is 349 g/mol. The van der Waals surface area contributed by atoms with Crippen molar-refractivity contribution in [1.82, 2.24) is 10.3 Å². The van der Waals surface area contributed by atoms with Crippen LogP contribution >= 0.6 is 15.9 Å². The van der Waals surface area contributed by atoms with E-state index in [9.17, 15) is 0 Å². The van der Waals surface area contributed by atoms with E-state index < -0.39 is 0 Å². The maximum atomic E-state index is 5.94. The summed E-state index contributed by atoms with van der Waals surface area (Å²) in [5.74, 6) is 0.877. The van der Waals surface area contributed by atoms with Crippen LogP contribution in [0.5, 0.6) is 5.75 Å². The molecule has 0 saturated heterocycles. The first kappa shape index (κ1) is 16.0. The lowest BCUT2D eigenvalue weighted by atomic mass is 10.1. The Hall–Kier alpha value is -1.39. The van der Waals surface area contributed by atoms with E-state index in [1.165, 1.54) is 0 Å². The SMILES string of the molecule is CC(C)(C)NCc1cnccc1OCc1cccc(Br)c1. The van der Waals surface area contributed by atoms with Gasteiger partial charge in [0.1, 0.15) is 12.4 Å². The molecule has 0 aliphatic carbocycles. The molecule has 2 aromatic rings. The van der Waals surface area contributed by atoms with Crippen LogP contribution in [-0.4, -0.2) is 10.5 Å². The van der Waals surface area contributed by atoms with E-state index in [2.05, 4.69) is 59.1 Å². The van der Waals surface area contributed by atoms with Crippen molar-refractivity contribution in [3.8, 4) is 5.75 Å². The molecule has 0 bridgehead atoms. The molecule has 0 atom stereocenters. The number of benzene rings is 1. The van der Waals surface area contributed by atoms with Crippen molar-refractivity contribution in [3.05, 3.63) is 58.3 Å². The fourth-order valence-corrected chi connectivity index (χ4v) is 2.28. The Morgan fingerprint density at radius 2 is 2.05 bits per heavy atom. The summed E-state index contributed by atoms with van der Waals surface area (Å²) in [5, 5.41) is 3.46. The monoisotopic (exact) mass is 348 g/mol. The predicted octanol–water partition coefficient (Wildman–Crippen LogP) is 4.31. The molecule has 1 aromatic carbocycles. The molecule has 1 aromatic heterocycles. The molecule has 0 unspecified atom stereocenters. The van der Waals surface area contributed by atoms with Gasteiger partial charge in [0.15, 0.2) is 0 Å². The number of hydrogen-bond acceptors (Lipinski definition) is 3. The number of ether oxygens (including phenoxy) is 1. The standard InChI is InChI=1S/C17H21BrN2O/c1-17(2,3)20-11-14-10-19-8-7-16(14)21-12-13-5-4-6-15(18)9-13/h4-10,20H,11-12H2,1-3H3. The van der Waals surface area contributed by atoms with Gasteiger partial charge in [0.05, 0.1) is 0 Å². The molecule has 0 aliphatic rings. The Balaban J connectivity index is 2.03. The number of rotatable bonds is 5. The number of halogens is 1. The van der Waals surface area contributed by atoms with Crippen LogP contribution in [0.15, 0.2) is 47.2 Å². The van der Waals surface area contributed by atoms with Crippen molar-refractivity contribution in [3.63, 3.8) is 0 Å². The third-order valence-corrected chi connectivity index (χ3v) is 3.44. The number of nitrogens with zero attached hydrogens (tertiary/aromatic N) is 1. The van der Waals surface area contributed by atoms with Gasteiger partial charge in [0.2, 0.25) is 0 Å². The summed E-state index contributed by atoms with van der Waals surface area (Å²) in [7, 11) is 0. The first-order valence-corrected chi connectivity index (χ1v) is 7.78. The molecule has 0 spiro atoms. The Kier molecular flexibility index (Phi) is 5.37. The zero-order valence-corrected chi connectivity index (χ0v) is 14.3. The van der Waals surface area contributed by atoms with E-state index in [1.54, 1.807) is 6.20 Å². The summed E-state index contributed by atoms with van der Waals surface area (Å²) in [5.41, 5.74) is 2.27. The van der Waals surface area contributed by atoms with E-state index in [0.29, 0.717) is 6.61 Å². The van der Waals surface area contributed by atoms with Crippen LogP contribution in [0.1, 0.15) is 31.9 Å². The summed E-state index contributed by atoms with van der Waals surface area (Å²) < 4.78 is 7.01. The van der Waals surface area contributed by atoms with Gasteiger partial charge in [-0.1, -0.05) is 28.1 Å². The lowest BCUT2D eigenvalue weighted by Gasteiger charge is -2.21. The molecule has 0 amide bonds. The Bertz CT molecular complexity index is 593. The molecular formula is C17H21BrN2O. The van der Waals surface area contributed by atoms with Gasteiger partial charge in [-0.25, -0.2) is 0 Å². The summed E-state index contributed by atoms with van der Waals surface area (Å²) in [6.45, 7) is 7.72. The fourth-order valence-electron chi connectivity index (χ4n) is 1.84. The van der Waals surface area contributed by atoms with Crippen LogP contribution in [0, 0.1) is 0 Å². The van der Waals surface area contributed by atoms with Gasteiger partial charge in [-0.2, -0.15) is 0 Å². The molecule has 0 aliphatic heterocycles. The average Bonchev–Trinajstić information content (AvgIpc) is 2.43. The van der Waals surface area contributed by atoms with Crippen molar-refractivity contribution in [2.24, 2.45) is 0 Å². The summed E-state index contributed by atoms with van der Waals surface area (Å²) in [4.78, 5) is 4.19. The smallest absolute Gasteiger partial charge is 0.127 e. The van der Waals surface area contributed by atoms with E-state index >= 15 is 0 Å². The second-order valence-electron chi connectivity index (χ2n) is 6.01. The molecule has 3 nitrogen and oxygen atoms in total. The largest absolute Gasteiger partial charge is 0.488 e. The zero-order valence-electron chi connectivity index (χ0n) is 12.7. The normalized spacial score (nSPS) is 11.4. The van der Waals surface area contributed by atoms with Crippen LogP contribution in [0.2, 0.25) is 0 Å². The second kappa shape index (κ2) is 7.05. The first-order valence-electron chi connectivity index (χ1n) is 6.99. The van der Waals surface area contributed by atoms with Crippen LogP contribution in [-0.2, 0) is 13.2 Å². The summed E-state index contributed by atoms with van der Waals surface area (Å²) in [6, 6.07) is 10.1. The molecule has 1 heterocycles. The lowest BCUT2D eigenvalue weighted by molar-refractivity contribution is 0.299. The quantitative estimate of drug-likeness (QED) is 0.873. The van der Waals surface area contributed by atoms with Gasteiger partial charge in [-0.15, -0.1) is 0 Å². The van der Waals surface area contributed by atoms with E-state index in [4.69, 9.17) is 4.74 Å². The minimum atomic E-state index is 0.0669. The van der Waals surface area contributed by atoms with Crippen LogP contribution in [0.3, 0.4) is 0 Å². The maximum absolute atomic E-state index is 5.94. The third-order valence-electron chi connectivity index (χ3n) is 2.95. The number of hydrogen-bond donors (Lipinski definition) is 1. The van der Waals surface area contributed by atoms with Crippen molar-refractivity contribution < 1.29 is 4.74 Å². The molecule has 21 heavy (non-hydrogen) atoms. The second-order valence-corrected chi connectivity index (χ2v) is 6.92. The molecule has 0 saturated carbocycles. The van der Waals surface area contributed by atoms with Crippen molar-refractivity contribution in [2.45, 2.75) is 39.5 Å². The van der Waals surface area contributed by atoms with Crippen LogP contribution in [0.25, 0.3) is 0 Å². The number of nitrogens with one attached hydrogen (secondary N) is 1. The van der Waals surface area contributed by atoms with Gasteiger partial charge >= 0.3 is 0 Å². The minimum Gasteiger partial charge on any atom is -0.488 e. The van der Waals surface area contributed by atoms with Crippen LogP contribution < -0.4 is 10.1 Å². The Morgan fingerprint density at radius 3 is 2.76 bits per heavy atom. The maximum Gasteiger partial charge on any atom is 0.127 e. The summed E-state index contributed by atoms with van der Waals surface area (Å²) in [6.07, 6.45) is 3.62. The van der Waals surface area contributed by atoms with Crippen molar-refractivity contribution in [1.29, 1.82) is 0 Å². The molecule has 4 heteroatoms.